The van der Waals surface area contributed by atoms with E-state index in [2.05, 4.69) is 15.5 Å². The Bertz CT molecular complexity index is 617. The molecule has 0 radical (unpaired) electrons. The maximum Gasteiger partial charge on any atom is 0.272 e. The summed E-state index contributed by atoms with van der Waals surface area (Å²) in [5.41, 5.74) is 1.69. The van der Waals surface area contributed by atoms with Gasteiger partial charge < -0.3 is 5.32 Å². The lowest BCUT2D eigenvalue weighted by Gasteiger charge is -2.04. The fraction of sp³-hybridized carbons (Fsp3) is 0.0769. The first-order valence-electron chi connectivity index (χ1n) is 5.45. The Morgan fingerprint density at radius 3 is 2.53 bits per heavy atom. The average Bonchev–Trinajstić information content (AvgIpc) is 2.46. The number of carbonyl (C=O) groups excluding carboxylic acids is 1. The average molecular weight is 273 g/mol. The summed E-state index contributed by atoms with van der Waals surface area (Å²) in [6.07, 6.45) is 0. The second-order valence-electron chi connectivity index (χ2n) is 3.73. The van der Waals surface area contributed by atoms with Gasteiger partial charge in [-0.3, -0.25) is 4.79 Å². The molecule has 2 rings (SSSR count). The molecule has 94 valence electrons. The molecule has 2 aromatic rings. The summed E-state index contributed by atoms with van der Waals surface area (Å²) in [5, 5.41) is 18.9. The van der Waals surface area contributed by atoms with Gasteiger partial charge in [0.25, 0.3) is 5.91 Å². The third-order valence-electron chi connectivity index (χ3n) is 2.40. The van der Waals surface area contributed by atoms with Crippen molar-refractivity contribution < 1.29 is 4.79 Å². The van der Waals surface area contributed by atoms with E-state index in [-0.39, 0.29) is 16.8 Å². The van der Waals surface area contributed by atoms with Crippen LogP contribution in [-0.2, 0) is 6.54 Å². The summed E-state index contributed by atoms with van der Waals surface area (Å²) in [5.74, 6) is -0.325. The van der Waals surface area contributed by atoms with Crippen LogP contribution in [0.5, 0.6) is 0 Å². The molecular formula is C13H9ClN4O. The van der Waals surface area contributed by atoms with Crippen LogP contribution in [0, 0.1) is 11.3 Å². The van der Waals surface area contributed by atoms with Crippen LogP contribution >= 0.6 is 11.6 Å². The highest BCUT2D eigenvalue weighted by Gasteiger charge is 2.07. The minimum absolute atomic E-state index is 0.207. The third-order valence-corrected chi connectivity index (χ3v) is 2.60. The lowest BCUT2D eigenvalue weighted by Crippen LogP contribution is -2.24. The van der Waals surface area contributed by atoms with E-state index in [0.717, 1.165) is 5.56 Å². The van der Waals surface area contributed by atoms with Crippen molar-refractivity contribution in [3.63, 3.8) is 0 Å². The van der Waals surface area contributed by atoms with Crippen molar-refractivity contribution in [2.75, 3.05) is 0 Å². The van der Waals surface area contributed by atoms with E-state index in [1.54, 1.807) is 24.3 Å². The fourth-order valence-electron chi connectivity index (χ4n) is 1.41. The molecule has 1 aromatic carbocycles. The summed E-state index contributed by atoms with van der Waals surface area (Å²) in [6, 6.07) is 12.0. The summed E-state index contributed by atoms with van der Waals surface area (Å²) < 4.78 is 0. The molecule has 0 aliphatic carbocycles. The highest BCUT2D eigenvalue weighted by molar-refractivity contribution is 6.29. The van der Waals surface area contributed by atoms with Gasteiger partial charge in [-0.05, 0) is 29.8 Å². The van der Waals surface area contributed by atoms with E-state index in [1.165, 1.54) is 12.1 Å². The monoisotopic (exact) mass is 272 g/mol. The highest BCUT2D eigenvalue weighted by atomic mass is 35.5. The summed E-state index contributed by atoms with van der Waals surface area (Å²) >= 11 is 5.59. The molecule has 0 aliphatic heterocycles. The van der Waals surface area contributed by atoms with Gasteiger partial charge in [0.15, 0.2) is 10.8 Å². The van der Waals surface area contributed by atoms with Crippen molar-refractivity contribution in [3.05, 3.63) is 58.4 Å². The van der Waals surface area contributed by atoms with Crippen molar-refractivity contribution in [1.29, 1.82) is 5.26 Å². The first kappa shape index (κ1) is 13.0. The molecule has 6 heteroatoms. The number of halogens is 1. The van der Waals surface area contributed by atoms with E-state index in [4.69, 9.17) is 16.9 Å². The molecule has 0 saturated carbocycles. The van der Waals surface area contributed by atoms with Crippen molar-refractivity contribution in [2.24, 2.45) is 0 Å². The maximum absolute atomic E-state index is 11.7. The van der Waals surface area contributed by atoms with Crippen LogP contribution in [0.3, 0.4) is 0 Å². The van der Waals surface area contributed by atoms with Crippen molar-refractivity contribution >= 4 is 17.5 Å². The van der Waals surface area contributed by atoms with E-state index in [0.29, 0.717) is 12.1 Å². The highest BCUT2D eigenvalue weighted by Crippen LogP contribution is 2.04. The molecule has 0 saturated heterocycles. The zero-order chi connectivity index (χ0) is 13.7. The second-order valence-corrected chi connectivity index (χ2v) is 4.12. The van der Waals surface area contributed by atoms with Crippen LogP contribution in [-0.4, -0.2) is 16.1 Å². The summed E-state index contributed by atoms with van der Waals surface area (Å²) in [4.78, 5) is 11.7. The number of nitriles is 1. The van der Waals surface area contributed by atoms with Gasteiger partial charge in [-0.1, -0.05) is 23.7 Å². The quantitative estimate of drug-likeness (QED) is 0.926. The molecule has 1 amide bonds. The Hall–Kier alpha value is -2.45. The molecule has 0 atom stereocenters. The van der Waals surface area contributed by atoms with Crippen LogP contribution < -0.4 is 5.32 Å². The number of carbonyl (C=O) groups is 1. The predicted octanol–water partition coefficient (Wildman–Crippen LogP) is 1.93. The number of amides is 1. The van der Waals surface area contributed by atoms with Crippen molar-refractivity contribution in [2.45, 2.75) is 6.54 Å². The van der Waals surface area contributed by atoms with Gasteiger partial charge >= 0.3 is 0 Å². The van der Waals surface area contributed by atoms with Crippen LogP contribution in [0.4, 0.5) is 0 Å². The molecule has 1 N–H and O–H groups in total. The number of aromatic nitrogens is 2. The van der Waals surface area contributed by atoms with Gasteiger partial charge in [0, 0.05) is 6.54 Å². The van der Waals surface area contributed by atoms with Crippen LogP contribution in [0.1, 0.15) is 21.6 Å². The molecule has 0 unspecified atom stereocenters. The summed E-state index contributed by atoms with van der Waals surface area (Å²) in [7, 11) is 0. The minimum atomic E-state index is -0.325. The fourth-order valence-corrected chi connectivity index (χ4v) is 1.51. The molecule has 0 fully saturated rings. The number of hydrogen-bond acceptors (Lipinski definition) is 4. The molecule has 1 aromatic heterocycles. The Labute approximate surface area is 114 Å². The number of hydrogen-bond donors (Lipinski definition) is 1. The van der Waals surface area contributed by atoms with Gasteiger partial charge in [0.2, 0.25) is 0 Å². The topological polar surface area (TPSA) is 78.7 Å². The number of rotatable bonds is 3. The zero-order valence-corrected chi connectivity index (χ0v) is 10.6. The van der Waals surface area contributed by atoms with Gasteiger partial charge in [0.1, 0.15) is 0 Å². The molecule has 1 heterocycles. The zero-order valence-electron chi connectivity index (χ0n) is 9.80. The Morgan fingerprint density at radius 2 is 1.95 bits per heavy atom. The van der Waals surface area contributed by atoms with E-state index >= 15 is 0 Å². The molecule has 0 aliphatic rings. The Balaban J connectivity index is 1.96. The first-order valence-corrected chi connectivity index (χ1v) is 5.83. The maximum atomic E-state index is 11.7. The van der Waals surface area contributed by atoms with Crippen LogP contribution in [0.25, 0.3) is 0 Å². The molecule has 0 bridgehead atoms. The number of benzene rings is 1. The smallest absolute Gasteiger partial charge is 0.272 e. The minimum Gasteiger partial charge on any atom is -0.347 e. The summed E-state index contributed by atoms with van der Waals surface area (Å²) in [6.45, 7) is 0.356. The van der Waals surface area contributed by atoms with Crippen LogP contribution in [0.2, 0.25) is 5.15 Å². The number of nitrogens with one attached hydrogen (secondary N) is 1. The van der Waals surface area contributed by atoms with Crippen LogP contribution in [0.15, 0.2) is 36.4 Å². The molecule has 19 heavy (non-hydrogen) atoms. The van der Waals surface area contributed by atoms with E-state index in [9.17, 15) is 4.79 Å². The van der Waals surface area contributed by atoms with Gasteiger partial charge in [-0.25, -0.2) is 0 Å². The molecule has 0 spiro atoms. The lowest BCUT2D eigenvalue weighted by molar-refractivity contribution is 0.0945. The standard InChI is InChI=1S/C13H9ClN4O/c14-12-6-5-11(17-18-12)13(19)16-8-10-3-1-9(7-15)2-4-10/h1-6H,8H2,(H,16,19). The normalized spacial score (nSPS) is 9.68. The van der Waals surface area contributed by atoms with Crippen molar-refractivity contribution in [1.82, 2.24) is 15.5 Å². The lowest BCUT2D eigenvalue weighted by atomic mass is 10.1. The molecular weight excluding hydrogens is 264 g/mol. The third kappa shape index (κ3) is 3.50. The van der Waals surface area contributed by atoms with Gasteiger partial charge in [0.05, 0.1) is 11.6 Å². The van der Waals surface area contributed by atoms with E-state index < -0.39 is 0 Å². The molecule has 5 nitrogen and oxygen atoms in total. The largest absolute Gasteiger partial charge is 0.347 e. The first-order chi connectivity index (χ1) is 9.19. The number of nitrogens with zero attached hydrogens (tertiary/aromatic N) is 3. The van der Waals surface area contributed by atoms with Gasteiger partial charge in [-0.15, -0.1) is 10.2 Å². The Kier molecular flexibility index (Phi) is 4.06. The Morgan fingerprint density at radius 1 is 1.21 bits per heavy atom. The SMILES string of the molecule is N#Cc1ccc(CNC(=O)c2ccc(Cl)nn2)cc1. The van der Waals surface area contributed by atoms with Crippen molar-refractivity contribution in [3.8, 4) is 6.07 Å². The van der Waals surface area contributed by atoms with E-state index in [1.807, 2.05) is 6.07 Å². The second kappa shape index (κ2) is 5.94. The predicted molar refractivity (Wildman–Crippen MR) is 69.4 cm³/mol. The van der Waals surface area contributed by atoms with Gasteiger partial charge in [-0.2, -0.15) is 5.26 Å².